The average Bonchev–Trinajstić information content (AvgIpc) is 3.47. The molecule has 0 aliphatic heterocycles. The van der Waals surface area contributed by atoms with E-state index in [-0.39, 0.29) is 40.2 Å². The van der Waals surface area contributed by atoms with Gasteiger partial charge in [0.15, 0.2) is 0 Å². The van der Waals surface area contributed by atoms with E-state index in [0.717, 1.165) is 18.9 Å². The number of hydrogen-bond acceptors (Lipinski definition) is 4. The normalized spacial score (nSPS) is 14.7. The Morgan fingerprint density at radius 3 is 2.57 bits per heavy atom. The van der Waals surface area contributed by atoms with E-state index in [0.29, 0.717) is 12.5 Å². The average molecular weight is 428 g/mol. The first kappa shape index (κ1) is 22.1. The van der Waals surface area contributed by atoms with Crippen molar-refractivity contribution < 1.29 is 17.6 Å². The maximum atomic E-state index is 13.4. The maximum Gasteiger partial charge on any atom is 0.261 e. The smallest absolute Gasteiger partial charge is 0.261 e. The molecule has 0 bridgehead atoms. The van der Waals surface area contributed by atoms with E-state index in [2.05, 4.69) is 10.0 Å². The highest BCUT2D eigenvalue weighted by atomic mass is 35.5. The second-order valence-corrected chi connectivity index (χ2v) is 8.46. The third-order valence-electron chi connectivity index (χ3n) is 4.58. The highest BCUT2D eigenvalue weighted by Gasteiger charge is 2.28. The lowest BCUT2D eigenvalue weighted by Gasteiger charge is -2.15. The maximum absolute atomic E-state index is 13.4. The molecule has 0 aromatic heterocycles. The zero-order valence-electron chi connectivity index (χ0n) is 15.3. The molecule has 1 fully saturated rings. The van der Waals surface area contributed by atoms with Gasteiger partial charge in [0.25, 0.3) is 15.9 Å². The zero-order valence-corrected chi connectivity index (χ0v) is 16.9. The highest BCUT2D eigenvalue weighted by Crippen LogP contribution is 2.31. The van der Waals surface area contributed by atoms with Gasteiger partial charge >= 0.3 is 0 Å². The van der Waals surface area contributed by atoms with Gasteiger partial charge in [-0.25, -0.2) is 12.8 Å². The number of aryl methyl sites for hydroxylation is 1. The summed E-state index contributed by atoms with van der Waals surface area (Å²) in [6.45, 7) is 1.82. The number of nitrogens with two attached hydrogens (primary N) is 1. The molecule has 2 aromatic carbocycles. The van der Waals surface area contributed by atoms with Crippen molar-refractivity contribution in [2.45, 2.75) is 30.7 Å². The number of benzene rings is 2. The molecule has 0 heterocycles. The van der Waals surface area contributed by atoms with Crippen molar-refractivity contribution in [2.24, 2.45) is 11.7 Å². The molecule has 9 heteroatoms. The van der Waals surface area contributed by atoms with Gasteiger partial charge in [0.2, 0.25) is 0 Å². The quantitative estimate of drug-likeness (QED) is 0.632. The molecule has 28 heavy (non-hydrogen) atoms. The first-order chi connectivity index (χ1) is 12.8. The van der Waals surface area contributed by atoms with Crippen LogP contribution >= 0.6 is 12.4 Å². The number of rotatable bonds is 7. The number of halogens is 2. The van der Waals surface area contributed by atoms with Crippen LogP contribution in [0.15, 0.2) is 47.4 Å². The number of anilines is 1. The molecule has 152 valence electrons. The Kier molecular flexibility index (Phi) is 7.03. The van der Waals surface area contributed by atoms with Gasteiger partial charge in [0.1, 0.15) is 5.82 Å². The second-order valence-electron chi connectivity index (χ2n) is 6.77. The Labute approximate surface area is 170 Å². The zero-order chi connectivity index (χ0) is 19.6. The van der Waals surface area contributed by atoms with Gasteiger partial charge in [-0.2, -0.15) is 0 Å². The Hall–Kier alpha value is -2.16. The SMILES string of the molecule is Cc1cc(S(=O)(=O)Nc2ccccc2C(=O)NCC(N)C2CC2)ccc1F.Cl. The van der Waals surface area contributed by atoms with Crippen LogP contribution in [-0.2, 0) is 10.0 Å². The fourth-order valence-corrected chi connectivity index (χ4v) is 3.92. The monoisotopic (exact) mass is 427 g/mol. The van der Waals surface area contributed by atoms with Crippen molar-refractivity contribution >= 4 is 34.0 Å². The molecule has 0 saturated heterocycles. The van der Waals surface area contributed by atoms with Crippen LogP contribution < -0.4 is 15.8 Å². The first-order valence-electron chi connectivity index (χ1n) is 8.70. The third-order valence-corrected chi connectivity index (χ3v) is 5.94. The summed E-state index contributed by atoms with van der Waals surface area (Å²) in [6.07, 6.45) is 2.15. The molecule has 3 rings (SSSR count). The lowest BCUT2D eigenvalue weighted by atomic mass is 10.1. The summed E-state index contributed by atoms with van der Waals surface area (Å²) in [5.41, 5.74) is 6.56. The van der Waals surface area contributed by atoms with E-state index < -0.39 is 21.7 Å². The molecule has 4 N–H and O–H groups in total. The molecule has 1 amide bonds. The predicted octanol–water partition coefficient (Wildman–Crippen LogP) is 2.82. The van der Waals surface area contributed by atoms with Crippen molar-refractivity contribution in [3.05, 3.63) is 59.4 Å². The van der Waals surface area contributed by atoms with Crippen LogP contribution in [0.25, 0.3) is 0 Å². The minimum Gasteiger partial charge on any atom is -0.350 e. The van der Waals surface area contributed by atoms with E-state index in [1.54, 1.807) is 12.1 Å². The molecule has 1 saturated carbocycles. The summed E-state index contributed by atoms with van der Waals surface area (Å²) in [5.74, 6) is -0.443. The lowest BCUT2D eigenvalue weighted by molar-refractivity contribution is 0.0951. The standard InChI is InChI=1S/C19H22FN3O3S.ClH/c1-12-10-14(8-9-16(12)20)27(25,26)23-18-5-3-2-4-15(18)19(24)22-11-17(21)13-6-7-13;/h2-5,8-10,13,17,23H,6-7,11,21H2,1H3,(H,22,24);1H. The van der Waals surface area contributed by atoms with Crippen LogP contribution in [0, 0.1) is 18.7 Å². The summed E-state index contributed by atoms with van der Waals surface area (Å²) in [5, 5.41) is 2.75. The van der Waals surface area contributed by atoms with Gasteiger partial charge in [-0.1, -0.05) is 12.1 Å². The van der Waals surface area contributed by atoms with E-state index in [1.807, 2.05) is 0 Å². The summed E-state index contributed by atoms with van der Waals surface area (Å²) in [6, 6.07) is 9.74. The third kappa shape index (κ3) is 5.21. The van der Waals surface area contributed by atoms with Crippen LogP contribution in [0.3, 0.4) is 0 Å². The van der Waals surface area contributed by atoms with Gasteiger partial charge in [0.05, 0.1) is 16.1 Å². The number of sulfonamides is 1. The number of amides is 1. The van der Waals surface area contributed by atoms with E-state index in [1.165, 1.54) is 31.2 Å². The van der Waals surface area contributed by atoms with Crippen LogP contribution in [0.1, 0.15) is 28.8 Å². The Morgan fingerprint density at radius 1 is 1.25 bits per heavy atom. The number of para-hydroxylation sites is 1. The molecule has 0 spiro atoms. The summed E-state index contributed by atoms with van der Waals surface area (Å²) in [4.78, 5) is 12.4. The summed E-state index contributed by atoms with van der Waals surface area (Å²) in [7, 11) is -3.96. The number of hydrogen-bond donors (Lipinski definition) is 3. The molecule has 2 aromatic rings. The minimum absolute atomic E-state index is 0. The first-order valence-corrected chi connectivity index (χ1v) is 10.2. The predicted molar refractivity (Wildman–Crippen MR) is 109 cm³/mol. The number of carbonyl (C=O) groups excluding carboxylic acids is 1. The molecule has 0 radical (unpaired) electrons. The van der Waals surface area contributed by atoms with E-state index in [4.69, 9.17) is 5.73 Å². The van der Waals surface area contributed by atoms with Crippen molar-refractivity contribution in [2.75, 3.05) is 11.3 Å². The summed E-state index contributed by atoms with van der Waals surface area (Å²) >= 11 is 0. The van der Waals surface area contributed by atoms with Crippen molar-refractivity contribution in [3.63, 3.8) is 0 Å². The fraction of sp³-hybridized carbons (Fsp3) is 0.316. The fourth-order valence-electron chi connectivity index (χ4n) is 2.75. The Morgan fingerprint density at radius 2 is 1.93 bits per heavy atom. The Balaban J connectivity index is 0.00000280. The Bertz CT molecular complexity index is 965. The van der Waals surface area contributed by atoms with Gasteiger partial charge in [0, 0.05) is 12.6 Å². The number of nitrogens with one attached hydrogen (secondary N) is 2. The van der Waals surface area contributed by atoms with E-state index in [9.17, 15) is 17.6 Å². The molecule has 1 aliphatic carbocycles. The van der Waals surface area contributed by atoms with Gasteiger partial charge in [-0.05, 0) is 61.6 Å². The molecule has 1 aliphatic rings. The molecule has 6 nitrogen and oxygen atoms in total. The van der Waals surface area contributed by atoms with Gasteiger partial charge in [-0.15, -0.1) is 12.4 Å². The van der Waals surface area contributed by atoms with Crippen LogP contribution in [-0.4, -0.2) is 26.9 Å². The molecular formula is C19H23ClFN3O3S. The molecule has 1 atom stereocenters. The van der Waals surface area contributed by atoms with Crippen LogP contribution in [0.2, 0.25) is 0 Å². The van der Waals surface area contributed by atoms with Crippen LogP contribution in [0.4, 0.5) is 10.1 Å². The second kappa shape index (κ2) is 8.89. The van der Waals surface area contributed by atoms with Crippen molar-refractivity contribution in [1.82, 2.24) is 5.32 Å². The highest BCUT2D eigenvalue weighted by molar-refractivity contribution is 7.92. The van der Waals surface area contributed by atoms with Crippen LogP contribution in [0.5, 0.6) is 0 Å². The summed E-state index contributed by atoms with van der Waals surface area (Å²) < 4.78 is 41.1. The van der Waals surface area contributed by atoms with Crippen molar-refractivity contribution in [3.8, 4) is 0 Å². The number of carbonyl (C=O) groups is 1. The van der Waals surface area contributed by atoms with Crippen molar-refractivity contribution in [1.29, 1.82) is 0 Å². The van der Waals surface area contributed by atoms with Gasteiger partial charge in [-0.3, -0.25) is 9.52 Å². The minimum atomic E-state index is -3.96. The lowest BCUT2D eigenvalue weighted by Crippen LogP contribution is -2.38. The molecular weight excluding hydrogens is 405 g/mol. The largest absolute Gasteiger partial charge is 0.350 e. The van der Waals surface area contributed by atoms with E-state index >= 15 is 0 Å². The molecule has 1 unspecified atom stereocenters. The topological polar surface area (TPSA) is 101 Å². The van der Waals surface area contributed by atoms with Gasteiger partial charge < -0.3 is 11.1 Å².